The minimum Gasteiger partial charge on any atom is -0.449 e. The molecule has 1 amide bonds. The molecule has 0 heterocycles. The number of benzene rings is 3. The number of nitrogens with two attached hydrogens (primary N) is 1. The monoisotopic (exact) mass is 426 g/mol. The van der Waals surface area contributed by atoms with Gasteiger partial charge in [0.15, 0.2) is 0 Å². The van der Waals surface area contributed by atoms with Gasteiger partial charge < -0.3 is 15.8 Å². The van der Waals surface area contributed by atoms with Crippen LogP contribution in [0.2, 0.25) is 0 Å². The number of ether oxygens (including phenoxy) is 1. The fraction of sp³-hybridized carbons (Fsp3) is 0.136. The molecule has 0 spiro atoms. The van der Waals surface area contributed by atoms with Gasteiger partial charge in [0.25, 0.3) is 0 Å². The Morgan fingerprint density at radius 1 is 1.00 bits per heavy atom. The second kappa shape index (κ2) is 7.79. The smallest absolute Gasteiger partial charge is 0.407 e. The van der Waals surface area contributed by atoms with Crippen molar-refractivity contribution in [2.75, 3.05) is 12.3 Å². The van der Waals surface area contributed by atoms with Gasteiger partial charge in [0, 0.05) is 18.2 Å². The minimum atomic E-state index is -4.89. The van der Waals surface area contributed by atoms with Crippen LogP contribution in [0.4, 0.5) is 14.4 Å². The molecule has 0 saturated carbocycles. The fourth-order valence-electron chi connectivity index (χ4n) is 3.75. The number of alkyl carbamates (subject to hydrolysis) is 1. The Bertz CT molecular complexity index is 1180. The van der Waals surface area contributed by atoms with Gasteiger partial charge in [-0.1, -0.05) is 48.5 Å². The molecule has 0 unspecified atom stereocenters. The van der Waals surface area contributed by atoms with Crippen molar-refractivity contribution in [1.82, 2.24) is 5.32 Å². The molecule has 0 bridgehead atoms. The molecule has 1 aliphatic rings. The Balaban J connectivity index is 1.42. The lowest BCUT2D eigenvalue weighted by Crippen LogP contribution is -2.25. The molecule has 154 valence electrons. The number of anilines is 1. The van der Waals surface area contributed by atoms with Gasteiger partial charge in [-0.2, -0.15) is 8.42 Å². The number of hydrogen-bond donors (Lipinski definition) is 2. The molecule has 0 radical (unpaired) electrons. The molecule has 0 aliphatic heterocycles. The quantitative estimate of drug-likeness (QED) is 0.475. The van der Waals surface area contributed by atoms with E-state index in [0.717, 1.165) is 34.4 Å². The van der Waals surface area contributed by atoms with Gasteiger partial charge in [-0.3, -0.25) is 0 Å². The topological polar surface area (TPSA) is 98.5 Å². The number of rotatable bonds is 5. The van der Waals surface area contributed by atoms with Crippen molar-refractivity contribution in [2.45, 2.75) is 17.4 Å². The van der Waals surface area contributed by atoms with Gasteiger partial charge in [-0.05, 0) is 46.0 Å². The SMILES string of the molecule is Nc1cc(CNC(=O)OCC2c3ccccc3-c3ccccc32)cc(S(=O)(=O)F)c1. The molecule has 30 heavy (non-hydrogen) atoms. The fourth-order valence-corrected chi connectivity index (χ4v) is 4.32. The highest BCUT2D eigenvalue weighted by Gasteiger charge is 2.29. The summed E-state index contributed by atoms with van der Waals surface area (Å²) < 4.78 is 40.8. The molecule has 0 fully saturated rings. The van der Waals surface area contributed by atoms with E-state index in [4.69, 9.17) is 10.5 Å². The molecule has 6 nitrogen and oxygen atoms in total. The molecule has 0 aromatic heterocycles. The third-order valence-electron chi connectivity index (χ3n) is 5.05. The van der Waals surface area contributed by atoms with E-state index in [-0.39, 0.29) is 24.8 Å². The standard InChI is InChI=1S/C22H19FN2O4S/c23-30(27,28)16-10-14(9-15(24)11-16)12-25-22(26)29-13-21-19-7-3-1-5-17(19)18-6-2-4-8-20(18)21/h1-11,21H,12-13,24H2,(H,25,26). The number of hydrogen-bond acceptors (Lipinski definition) is 5. The number of halogens is 1. The van der Waals surface area contributed by atoms with E-state index >= 15 is 0 Å². The number of amides is 1. The highest BCUT2D eigenvalue weighted by atomic mass is 32.3. The van der Waals surface area contributed by atoms with E-state index in [9.17, 15) is 17.1 Å². The van der Waals surface area contributed by atoms with E-state index in [0.29, 0.717) is 5.56 Å². The zero-order chi connectivity index (χ0) is 21.3. The third-order valence-corrected chi connectivity index (χ3v) is 5.85. The Hall–Kier alpha value is -3.39. The lowest BCUT2D eigenvalue weighted by molar-refractivity contribution is 0.142. The van der Waals surface area contributed by atoms with Crippen molar-refractivity contribution in [3.8, 4) is 11.1 Å². The van der Waals surface area contributed by atoms with E-state index in [1.54, 1.807) is 0 Å². The Labute approximate surface area is 173 Å². The van der Waals surface area contributed by atoms with Gasteiger partial charge in [-0.15, -0.1) is 3.89 Å². The maximum absolute atomic E-state index is 13.2. The molecule has 1 aliphatic carbocycles. The molecule has 4 rings (SSSR count). The van der Waals surface area contributed by atoms with Crippen LogP contribution in [0.15, 0.2) is 71.6 Å². The number of nitrogen functional groups attached to an aromatic ring is 1. The van der Waals surface area contributed by atoms with Crippen LogP contribution in [0.1, 0.15) is 22.6 Å². The maximum Gasteiger partial charge on any atom is 0.407 e. The van der Waals surface area contributed by atoms with Gasteiger partial charge in [0.2, 0.25) is 0 Å². The molecular weight excluding hydrogens is 407 g/mol. The first-order valence-electron chi connectivity index (χ1n) is 9.26. The lowest BCUT2D eigenvalue weighted by atomic mass is 9.98. The summed E-state index contributed by atoms with van der Waals surface area (Å²) in [6.07, 6.45) is -0.663. The second-order valence-corrected chi connectivity index (χ2v) is 8.37. The molecule has 3 aromatic rings. The van der Waals surface area contributed by atoms with E-state index < -0.39 is 21.2 Å². The Morgan fingerprint density at radius 2 is 1.60 bits per heavy atom. The van der Waals surface area contributed by atoms with Crippen LogP contribution >= 0.6 is 0 Å². The van der Waals surface area contributed by atoms with Crippen molar-refractivity contribution in [3.05, 3.63) is 83.4 Å². The van der Waals surface area contributed by atoms with Gasteiger partial charge in [0.05, 0.1) is 0 Å². The average molecular weight is 426 g/mol. The molecule has 0 saturated heterocycles. The summed E-state index contributed by atoms with van der Waals surface area (Å²) in [6, 6.07) is 19.6. The highest BCUT2D eigenvalue weighted by Crippen LogP contribution is 2.44. The summed E-state index contributed by atoms with van der Waals surface area (Å²) in [4.78, 5) is 11.7. The van der Waals surface area contributed by atoms with Crippen LogP contribution in [-0.4, -0.2) is 21.1 Å². The second-order valence-electron chi connectivity index (χ2n) is 7.03. The summed E-state index contributed by atoms with van der Waals surface area (Å²) in [7, 11) is -4.89. The molecule has 3 N–H and O–H groups in total. The van der Waals surface area contributed by atoms with Crippen molar-refractivity contribution < 1.29 is 21.8 Å². The third kappa shape index (κ3) is 3.99. The van der Waals surface area contributed by atoms with Gasteiger partial charge in [0.1, 0.15) is 11.5 Å². The minimum absolute atomic E-state index is 0.0514. The van der Waals surface area contributed by atoms with E-state index in [1.807, 2.05) is 48.5 Å². The van der Waals surface area contributed by atoms with Crippen molar-refractivity contribution in [2.24, 2.45) is 0 Å². The molecule has 8 heteroatoms. The number of carbonyl (C=O) groups excluding carboxylic acids is 1. The molecule has 3 aromatic carbocycles. The Kier molecular flexibility index (Phi) is 5.17. The van der Waals surface area contributed by atoms with Crippen LogP contribution in [0.5, 0.6) is 0 Å². The van der Waals surface area contributed by atoms with Crippen molar-refractivity contribution >= 4 is 22.0 Å². The summed E-state index contributed by atoms with van der Waals surface area (Å²) in [6.45, 7) is 0.102. The number of carbonyl (C=O) groups is 1. The van der Waals surface area contributed by atoms with Crippen molar-refractivity contribution in [3.63, 3.8) is 0 Å². The highest BCUT2D eigenvalue weighted by molar-refractivity contribution is 7.86. The average Bonchev–Trinajstić information content (AvgIpc) is 3.03. The van der Waals surface area contributed by atoms with E-state index in [2.05, 4.69) is 5.32 Å². The van der Waals surface area contributed by atoms with Crippen LogP contribution in [0.3, 0.4) is 0 Å². The zero-order valence-corrected chi connectivity index (χ0v) is 16.7. The first-order valence-corrected chi connectivity index (χ1v) is 10.6. The predicted octanol–water partition coefficient (Wildman–Crippen LogP) is 3.97. The predicted molar refractivity (Wildman–Crippen MR) is 111 cm³/mol. The van der Waals surface area contributed by atoms with Gasteiger partial charge >= 0.3 is 16.3 Å². The summed E-state index contributed by atoms with van der Waals surface area (Å²) >= 11 is 0. The summed E-state index contributed by atoms with van der Waals surface area (Å²) in [5.41, 5.74) is 10.5. The summed E-state index contributed by atoms with van der Waals surface area (Å²) in [5, 5.41) is 2.54. The van der Waals surface area contributed by atoms with Crippen molar-refractivity contribution in [1.29, 1.82) is 0 Å². The van der Waals surface area contributed by atoms with E-state index in [1.165, 1.54) is 6.07 Å². The number of fused-ring (bicyclic) bond motifs is 3. The van der Waals surface area contributed by atoms with Crippen LogP contribution in [0.25, 0.3) is 11.1 Å². The molecular formula is C22H19FN2O4S. The Morgan fingerprint density at radius 3 is 2.20 bits per heavy atom. The summed E-state index contributed by atoms with van der Waals surface area (Å²) in [5.74, 6) is -0.0706. The lowest BCUT2D eigenvalue weighted by Gasteiger charge is -2.14. The maximum atomic E-state index is 13.2. The van der Waals surface area contributed by atoms with Gasteiger partial charge in [-0.25, -0.2) is 4.79 Å². The first kappa shape index (κ1) is 19.9. The first-order chi connectivity index (χ1) is 14.3. The van der Waals surface area contributed by atoms with Crippen LogP contribution in [0, 0.1) is 0 Å². The van der Waals surface area contributed by atoms with Crippen LogP contribution in [-0.2, 0) is 21.5 Å². The normalized spacial score (nSPS) is 12.8. The van der Waals surface area contributed by atoms with Crippen LogP contribution < -0.4 is 11.1 Å². The largest absolute Gasteiger partial charge is 0.449 e. The zero-order valence-electron chi connectivity index (χ0n) is 15.8. The number of nitrogens with one attached hydrogen (secondary N) is 1. The molecule has 0 atom stereocenters.